The summed E-state index contributed by atoms with van der Waals surface area (Å²) in [4.78, 5) is 14.8. The van der Waals surface area contributed by atoms with Gasteiger partial charge in [-0.05, 0) is 39.5 Å². The van der Waals surface area contributed by atoms with Crippen molar-refractivity contribution in [2.24, 2.45) is 0 Å². The van der Waals surface area contributed by atoms with Crippen LogP contribution in [-0.2, 0) is 0 Å². The van der Waals surface area contributed by atoms with Gasteiger partial charge >= 0.3 is 0 Å². The minimum atomic E-state index is 0.629. The van der Waals surface area contributed by atoms with Gasteiger partial charge in [0.1, 0.15) is 5.82 Å². The van der Waals surface area contributed by atoms with Gasteiger partial charge in [-0.25, -0.2) is 14.8 Å². The van der Waals surface area contributed by atoms with Crippen LogP contribution in [0.3, 0.4) is 0 Å². The molecule has 2 heterocycles. The first-order valence-electron chi connectivity index (χ1n) is 8.30. The van der Waals surface area contributed by atoms with Crippen LogP contribution in [0.15, 0.2) is 36.5 Å². The average molecular weight is 334 g/mol. The Balaban J connectivity index is 1.88. The number of hydrogen-bond donors (Lipinski definition) is 1. The quantitative estimate of drug-likeness (QED) is 0.552. The van der Waals surface area contributed by atoms with Crippen LogP contribution in [0.2, 0.25) is 0 Å². The summed E-state index contributed by atoms with van der Waals surface area (Å²) >= 11 is 0. The summed E-state index contributed by atoms with van der Waals surface area (Å²) in [6.07, 6.45) is 3.05. The predicted octanol–water partition coefficient (Wildman–Crippen LogP) is 3.62. The maximum absolute atomic E-state index is 7.05. The minimum absolute atomic E-state index is 0.629. The van der Waals surface area contributed by atoms with E-state index in [-0.39, 0.29) is 0 Å². The molecule has 0 radical (unpaired) electrons. The number of fused-ring (bicyclic) bond motifs is 1. The van der Waals surface area contributed by atoms with E-state index < -0.39 is 0 Å². The Hall–Kier alpha value is -2.91. The van der Waals surface area contributed by atoms with Crippen LogP contribution in [0.4, 0.5) is 11.5 Å². The predicted molar refractivity (Wildman–Crippen MR) is 101 cm³/mol. The molecule has 1 N–H and O–H groups in total. The van der Waals surface area contributed by atoms with E-state index in [2.05, 4.69) is 39.1 Å². The highest BCUT2D eigenvalue weighted by atomic mass is 15.2. The van der Waals surface area contributed by atoms with Crippen LogP contribution >= 0.6 is 0 Å². The molecule has 0 unspecified atom stereocenters. The van der Waals surface area contributed by atoms with Crippen molar-refractivity contribution in [2.45, 2.75) is 13.3 Å². The Bertz CT molecular complexity index is 902. The van der Waals surface area contributed by atoms with Gasteiger partial charge in [-0.2, -0.15) is 0 Å². The Labute approximate surface area is 148 Å². The Kier molecular flexibility index (Phi) is 4.96. The normalized spacial score (nSPS) is 11.0. The summed E-state index contributed by atoms with van der Waals surface area (Å²) in [7, 11) is 4.16. The van der Waals surface area contributed by atoms with Gasteiger partial charge in [-0.3, -0.25) is 4.40 Å². The summed E-state index contributed by atoms with van der Waals surface area (Å²) in [5, 5.41) is 3.48. The van der Waals surface area contributed by atoms with Gasteiger partial charge in [0.2, 0.25) is 5.78 Å². The smallest absolute Gasteiger partial charge is 0.236 e. The van der Waals surface area contributed by atoms with Gasteiger partial charge in [0.15, 0.2) is 5.69 Å². The lowest BCUT2D eigenvalue weighted by molar-refractivity contribution is 0.405. The number of anilines is 1. The van der Waals surface area contributed by atoms with Crippen LogP contribution in [0, 0.1) is 13.5 Å². The van der Waals surface area contributed by atoms with E-state index in [1.54, 1.807) is 0 Å². The molecule has 0 saturated carbocycles. The van der Waals surface area contributed by atoms with Crippen molar-refractivity contribution in [3.8, 4) is 11.3 Å². The van der Waals surface area contributed by atoms with E-state index in [1.165, 1.54) is 0 Å². The van der Waals surface area contributed by atoms with Crippen molar-refractivity contribution in [3.05, 3.63) is 53.6 Å². The molecule has 0 fully saturated rings. The van der Waals surface area contributed by atoms with Crippen molar-refractivity contribution in [2.75, 3.05) is 32.5 Å². The Morgan fingerprint density at radius 3 is 2.64 bits per heavy atom. The van der Waals surface area contributed by atoms with Crippen LogP contribution < -0.4 is 5.32 Å². The second kappa shape index (κ2) is 7.32. The van der Waals surface area contributed by atoms with Crippen LogP contribution in [0.25, 0.3) is 21.9 Å². The average Bonchev–Trinajstić information content (AvgIpc) is 3.02. The highest BCUT2D eigenvalue weighted by Gasteiger charge is 2.09. The molecule has 128 valence electrons. The molecule has 0 atom stereocenters. The van der Waals surface area contributed by atoms with Gasteiger partial charge in [0.05, 0.1) is 12.3 Å². The van der Waals surface area contributed by atoms with Crippen molar-refractivity contribution in [1.82, 2.24) is 19.3 Å². The van der Waals surface area contributed by atoms with Crippen molar-refractivity contribution in [3.63, 3.8) is 0 Å². The van der Waals surface area contributed by atoms with Crippen LogP contribution in [0.1, 0.15) is 12.1 Å². The van der Waals surface area contributed by atoms with Gasteiger partial charge in [0.25, 0.3) is 0 Å². The second-order valence-corrected chi connectivity index (χ2v) is 6.32. The van der Waals surface area contributed by atoms with Gasteiger partial charge in [-0.15, -0.1) is 0 Å². The first-order chi connectivity index (χ1) is 12.1. The number of rotatable bonds is 6. The SMILES string of the molecule is [C-]#[N+]c1ccc(-c2cn3c(NCCCN(C)C)cc(C)nc3n2)cc1. The lowest BCUT2D eigenvalue weighted by Crippen LogP contribution is -2.17. The molecule has 2 aromatic heterocycles. The Morgan fingerprint density at radius 1 is 1.20 bits per heavy atom. The summed E-state index contributed by atoms with van der Waals surface area (Å²) in [6.45, 7) is 11.0. The zero-order chi connectivity index (χ0) is 17.8. The largest absolute Gasteiger partial charge is 0.371 e. The lowest BCUT2D eigenvalue weighted by Gasteiger charge is -2.12. The first kappa shape index (κ1) is 16.9. The number of nitrogens with one attached hydrogen (secondary N) is 1. The molecule has 25 heavy (non-hydrogen) atoms. The highest BCUT2D eigenvalue weighted by molar-refractivity contribution is 5.65. The van der Waals surface area contributed by atoms with Gasteiger partial charge in [0, 0.05) is 24.5 Å². The van der Waals surface area contributed by atoms with Crippen LogP contribution in [0.5, 0.6) is 0 Å². The number of benzene rings is 1. The molecule has 1 aromatic carbocycles. The maximum Gasteiger partial charge on any atom is 0.236 e. The molecule has 3 rings (SSSR count). The zero-order valence-corrected chi connectivity index (χ0v) is 14.8. The summed E-state index contributed by atoms with van der Waals surface area (Å²) < 4.78 is 1.99. The van der Waals surface area contributed by atoms with E-state index in [0.717, 1.165) is 42.3 Å². The number of hydrogen-bond acceptors (Lipinski definition) is 4. The molecule has 3 aromatic rings. The fourth-order valence-electron chi connectivity index (χ4n) is 2.68. The van der Waals surface area contributed by atoms with Crippen molar-refractivity contribution in [1.29, 1.82) is 0 Å². The lowest BCUT2D eigenvalue weighted by atomic mass is 10.1. The van der Waals surface area contributed by atoms with Gasteiger partial charge < -0.3 is 10.2 Å². The van der Waals surface area contributed by atoms with E-state index in [4.69, 9.17) is 6.57 Å². The van der Waals surface area contributed by atoms with Crippen LogP contribution in [-0.4, -0.2) is 46.5 Å². The molecule has 0 aliphatic carbocycles. The fraction of sp³-hybridized carbons (Fsp3) is 0.316. The topological polar surface area (TPSA) is 49.8 Å². The molecule has 0 bridgehead atoms. The zero-order valence-electron chi connectivity index (χ0n) is 14.8. The molecular formula is C19H22N6. The maximum atomic E-state index is 7.05. The third-order valence-corrected chi connectivity index (χ3v) is 3.95. The minimum Gasteiger partial charge on any atom is -0.371 e. The van der Waals surface area contributed by atoms with Crippen molar-refractivity contribution < 1.29 is 0 Å². The summed E-state index contributed by atoms with van der Waals surface area (Å²) in [5.74, 6) is 1.68. The summed E-state index contributed by atoms with van der Waals surface area (Å²) in [5.41, 5.74) is 3.40. The number of aromatic nitrogens is 3. The van der Waals surface area contributed by atoms with Crippen molar-refractivity contribution >= 4 is 17.3 Å². The van der Waals surface area contributed by atoms with Gasteiger partial charge in [-0.1, -0.05) is 24.3 Å². The Morgan fingerprint density at radius 2 is 1.96 bits per heavy atom. The molecule has 6 nitrogen and oxygen atoms in total. The molecular weight excluding hydrogens is 312 g/mol. The van der Waals surface area contributed by atoms with E-state index in [0.29, 0.717) is 11.5 Å². The summed E-state index contributed by atoms with van der Waals surface area (Å²) in [6, 6.07) is 9.51. The number of nitrogens with zero attached hydrogens (tertiary/aromatic N) is 5. The van der Waals surface area contributed by atoms with E-state index in [9.17, 15) is 0 Å². The third kappa shape index (κ3) is 3.95. The number of imidazole rings is 1. The first-order valence-corrected chi connectivity index (χ1v) is 8.30. The monoisotopic (exact) mass is 334 g/mol. The fourth-order valence-corrected chi connectivity index (χ4v) is 2.68. The second-order valence-electron chi connectivity index (χ2n) is 6.32. The molecule has 6 heteroatoms. The van der Waals surface area contributed by atoms with E-state index >= 15 is 0 Å². The molecule has 0 saturated heterocycles. The molecule has 0 aliphatic heterocycles. The number of aryl methyl sites for hydroxylation is 1. The third-order valence-electron chi connectivity index (χ3n) is 3.95. The molecule has 0 spiro atoms. The standard InChI is InChI=1S/C19H22N6/c1-14-12-18(21-10-5-11-24(3)4)25-13-17(23-19(25)22-14)15-6-8-16(20-2)9-7-15/h6-9,12-13,21H,5,10-11H2,1,3-4H3. The molecule has 0 amide bonds. The van der Waals surface area contributed by atoms with E-state index in [1.807, 2.05) is 47.9 Å². The molecule has 0 aliphatic rings. The highest BCUT2D eigenvalue weighted by Crippen LogP contribution is 2.24.